The van der Waals surface area contributed by atoms with Gasteiger partial charge in [-0.15, -0.1) is 10.2 Å². The summed E-state index contributed by atoms with van der Waals surface area (Å²) in [5.41, 5.74) is 13.7. The zero-order valence-corrected chi connectivity index (χ0v) is 32.4. The maximum atomic E-state index is 12.0. The number of aryl methyl sites for hydroxylation is 2. The maximum absolute atomic E-state index is 12.0. The molecule has 6 rings (SSSR count). The van der Waals surface area contributed by atoms with Crippen molar-refractivity contribution in [2.45, 2.75) is 33.4 Å². The van der Waals surface area contributed by atoms with Crippen molar-refractivity contribution in [3.8, 4) is 22.6 Å². The number of hydrogen-bond donors (Lipinski definition) is 8. The van der Waals surface area contributed by atoms with Crippen LogP contribution in [0.5, 0.6) is 11.5 Å². The second-order valence-corrected chi connectivity index (χ2v) is 17.6. The quantitative estimate of drug-likeness (QED) is 0.0338. The number of anilines is 2. The smallest absolute Gasteiger partial charge is 0.296 e. The lowest BCUT2D eigenvalue weighted by atomic mass is 10.0. The lowest BCUT2D eigenvalue weighted by Gasteiger charge is -2.13. The molecule has 0 saturated heterocycles. The number of aromatic hydroxyl groups is 2. The van der Waals surface area contributed by atoms with Gasteiger partial charge in [-0.05, 0) is 84.6 Å². The van der Waals surface area contributed by atoms with E-state index < -0.39 is 88.9 Å². The highest BCUT2D eigenvalue weighted by atomic mass is 32.2. The molecule has 0 atom stereocenters. The first-order valence-electron chi connectivity index (χ1n) is 15.8. The van der Waals surface area contributed by atoms with Gasteiger partial charge in [-0.1, -0.05) is 24.3 Å². The number of thiol groups is 1. The minimum absolute atomic E-state index is 0.177. The second-order valence-electron chi connectivity index (χ2n) is 12.4. The molecule has 19 nitrogen and oxygen atoms in total. The van der Waals surface area contributed by atoms with Crippen LogP contribution in [-0.2, 0) is 41.1 Å². The van der Waals surface area contributed by atoms with Gasteiger partial charge in [-0.3, -0.25) is 13.7 Å². The number of phenols is 2. The summed E-state index contributed by atoms with van der Waals surface area (Å²) in [5.74, 6) is -1.44. The van der Waals surface area contributed by atoms with Crippen LogP contribution in [0, 0.1) is 13.8 Å². The van der Waals surface area contributed by atoms with Crippen molar-refractivity contribution in [3.05, 3.63) is 83.9 Å². The molecule has 0 heterocycles. The molecule has 9 N–H and O–H groups in total. The Balaban J connectivity index is 1.30. The second kappa shape index (κ2) is 14.5. The molecule has 0 aliphatic carbocycles. The molecule has 57 heavy (non-hydrogen) atoms. The van der Waals surface area contributed by atoms with Crippen molar-refractivity contribution < 1.29 is 57.5 Å². The molecule has 23 heteroatoms. The summed E-state index contributed by atoms with van der Waals surface area (Å²) in [6.07, 6.45) is 0. The Kier molecular flexibility index (Phi) is 10.3. The van der Waals surface area contributed by atoms with Gasteiger partial charge in [-0.25, -0.2) is 8.42 Å². The average Bonchev–Trinajstić information content (AvgIpc) is 3.10. The Morgan fingerprint density at radius 2 is 0.877 bits per heavy atom. The number of phenolic OH excluding ortho intramolecular Hbond substituents is 2. The third-order valence-corrected chi connectivity index (χ3v) is 12.2. The number of nitrogen functional groups attached to an aromatic ring is 2. The van der Waals surface area contributed by atoms with Gasteiger partial charge in [0.15, 0.2) is 22.2 Å². The molecule has 0 aliphatic rings. The van der Waals surface area contributed by atoms with Crippen LogP contribution in [-0.4, -0.2) is 57.5 Å². The van der Waals surface area contributed by atoms with E-state index in [4.69, 9.17) is 11.5 Å². The molecular weight excluding hydrogens is 829 g/mol. The van der Waals surface area contributed by atoms with Gasteiger partial charge in [0, 0.05) is 10.8 Å². The van der Waals surface area contributed by atoms with E-state index in [1.54, 1.807) is 50.2 Å². The van der Waals surface area contributed by atoms with Crippen molar-refractivity contribution in [2.24, 2.45) is 20.5 Å². The Morgan fingerprint density at radius 1 is 0.509 bits per heavy atom. The largest absolute Gasteiger partial charge is 0.505 e. The van der Waals surface area contributed by atoms with Gasteiger partial charge in [0.05, 0.1) is 38.4 Å². The molecule has 0 aromatic heterocycles. The fraction of sp³-hybridized carbons (Fsp3) is 0.0588. The van der Waals surface area contributed by atoms with Gasteiger partial charge in [-0.2, -0.15) is 35.5 Å². The Hall–Kier alpha value is -6.08. The lowest BCUT2D eigenvalue weighted by molar-refractivity contribution is 0.478. The molecule has 0 saturated carbocycles. The minimum Gasteiger partial charge on any atom is -0.505 e. The average molecular weight is 857 g/mol. The van der Waals surface area contributed by atoms with E-state index in [0.717, 1.165) is 17.2 Å². The van der Waals surface area contributed by atoms with Crippen LogP contribution in [0.25, 0.3) is 32.7 Å². The van der Waals surface area contributed by atoms with E-state index >= 15 is 0 Å². The molecule has 0 spiro atoms. The van der Waals surface area contributed by atoms with Crippen molar-refractivity contribution >= 4 is 96.7 Å². The Labute approximate surface area is 324 Å². The van der Waals surface area contributed by atoms with Crippen molar-refractivity contribution in [3.63, 3.8) is 0 Å². The van der Waals surface area contributed by atoms with Gasteiger partial charge >= 0.3 is 0 Å². The van der Waals surface area contributed by atoms with Crippen molar-refractivity contribution in [2.75, 3.05) is 11.5 Å². The summed E-state index contributed by atoms with van der Waals surface area (Å²) in [6, 6.07) is 16.1. The normalized spacial score (nSPS) is 12.8. The molecule has 0 fully saturated rings. The van der Waals surface area contributed by atoms with Crippen molar-refractivity contribution in [1.82, 2.24) is 0 Å². The first-order chi connectivity index (χ1) is 26.5. The third kappa shape index (κ3) is 7.71. The molecular formula is C34H28N6O13S4. The Morgan fingerprint density at radius 3 is 1.26 bits per heavy atom. The molecule has 0 amide bonds. The van der Waals surface area contributed by atoms with E-state index in [2.05, 4.69) is 20.5 Å². The highest BCUT2D eigenvalue weighted by molar-refractivity contribution is 7.87. The molecule has 6 aromatic carbocycles. The van der Waals surface area contributed by atoms with E-state index in [1.807, 2.05) is 0 Å². The van der Waals surface area contributed by atoms with Gasteiger partial charge in [0.25, 0.3) is 30.4 Å². The molecule has 296 valence electrons. The monoisotopic (exact) mass is 856 g/mol. The molecule has 6 aromatic rings. The number of nitrogens with zero attached hydrogens (tertiary/aromatic N) is 4. The summed E-state index contributed by atoms with van der Waals surface area (Å²) in [6.45, 7) is 3.46. The number of azo groups is 2. The van der Waals surface area contributed by atoms with Gasteiger partial charge in [0.2, 0.25) is 0 Å². The lowest BCUT2D eigenvalue weighted by Crippen LogP contribution is -2.08. The standard InChI is InChI=1S/C34H28N6O13S4/c1-15-11-17(3-7-21(15)37-39-23-9-5-19-26(55(45,46)47)13-25(54(43)44)31(35)29(19)33(23)41)18-4-8-22(16(2)12-18)38-40-24-10-6-20-27(56(48,49)50)14-28(57(51,52)53)32(36)30(20)34(24)42/h3-14,41-42,54H,35-36H2,1-2H3,(H,45,46,47)(H,48,49,50)(H,51,52,53)/b39-37+,40-38+. The van der Waals surface area contributed by atoms with Crippen LogP contribution in [0.1, 0.15) is 11.1 Å². The van der Waals surface area contributed by atoms with E-state index in [1.165, 1.54) is 18.2 Å². The van der Waals surface area contributed by atoms with E-state index in [-0.39, 0.29) is 27.5 Å². The summed E-state index contributed by atoms with van der Waals surface area (Å²) >= 11 is 0. The number of fused-ring (bicyclic) bond motifs is 2. The number of hydrogen-bond acceptors (Lipinski definition) is 16. The summed E-state index contributed by atoms with van der Waals surface area (Å²) in [7, 11) is -18.5. The fourth-order valence-electron chi connectivity index (χ4n) is 5.98. The Bertz CT molecular complexity index is 3210. The summed E-state index contributed by atoms with van der Waals surface area (Å²) in [4.78, 5) is -3.39. The zero-order chi connectivity index (χ0) is 41.9. The van der Waals surface area contributed by atoms with Crippen LogP contribution in [0.4, 0.5) is 34.1 Å². The van der Waals surface area contributed by atoms with Crippen LogP contribution in [0.3, 0.4) is 0 Å². The maximum Gasteiger partial charge on any atom is 0.296 e. The topological polar surface area (TPSA) is 339 Å². The first-order valence-corrected chi connectivity index (χ1v) is 21.3. The predicted octanol–water partition coefficient (Wildman–Crippen LogP) is 6.39. The van der Waals surface area contributed by atoms with E-state index in [9.17, 15) is 57.5 Å². The summed E-state index contributed by atoms with van der Waals surface area (Å²) in [5, 5.41) is 36.9. The molecule has 0 bridgehead atoms. The van der Waals surface area contributed by atoms with Crippen LogP contribution in [0.15, 0.2) is 113 Å². The van der Waals surface area contributed by atoms with Gasteiger partial charge in [0.1, 0.15) is 26.1 Å². The first kappa shape index (κ1) is 40.6. The highest BCUT2D eigenvalue weighted by Gasteiger charge is 2.27. The van der Waals surface area contributed by atoms with Crippen LogP contribution in [0.2, 0.25) is 0 Å². The van der Waals surface area contributed by atoms with Crippen LogP contribution >= 0.6 is 0 Å². The van der Waals surface area contributed by atoms with E-state index in [0.29, 0.717) is 34.6 Å². The fourth-order valence-corrected chi connectivity index (χ4v) is 8.77. The zero-order valence-electron chi connectivity index (χ0n) is 29.0. The molecule has 0 unspecified atom stereocenters. The van der Waals surface area contributed by atoms with Crippen LogP contribution < -0.4 is 11.5 Å². The SMILES string of the molecule is Cc1cc(-c2ccc(/N=N/c3ccc4c(S(=O)(=O)O)cc(S(=O)(=O)O)c(N)c4c3O)c(C)c2)ccc1/N=N/c1ccc2c(S(=O)(=O)O)cc([SH](=O)=O)c(N)c2c1O. The highest BCUT2D eigenvalue weighted by Crippen LogP contribution is 2.45. The van der Waals surface area contributed by atoms with Crippen molar-refractivity contribution in [1.29, 1.82) is 0 Å². The number of rotatable bonds is 9. The third-order valence-electron chi connectivity index (χ3n) is 8.74. The molecule has 0 radical (unpaired) electrons. The summed E-state index contributed by atoms with van der Waals surface area (Å²) < 4.78 is 124. The minimum atomic E-state index is -5.09. The van der Waals surface area contributed by atoms with Gasteiger partial charge < -0.3 is 21.7 Å². The number of benzene rings is 6. The number of nitrogens with two attached hydrogens (primary N) is 2. The molecule has 0 aliphatic heterocycles. The predicted molar refractivity (Wildman–Crippen MR) is 208 cm³/mol.